The normalized spacial score (nSPS) is 15.5. The summed E-state index contributed by atoms with van der Waals surface area (Å²) in [7, 11) is 0.383. The zero-order chi connectivity index (χ0) is 29.4. The second-order valence-electron chi connectivity index (χ2n) is 9.48. The summed E-state index contributed by atoms with van der Waals surface area (Å²) in [5, 5.41) is 1.49. The Morgan fingerprint density at radius 3 is 2.58 bits per heavy atom. The minimum Gasteiger partial charge on any atom is -0.491 e. The van der Waals surface area contributed by atoms with E-state index in [2.05, 4.69) is 12.1 Å². The third-order valence-electron chi connectivity index (χ3n) is 6.96. The number of nitrogens with zero attached hydrogens (tertiary/aromatic N) is 2. The largest absolute Gasteiger partial charge is 0.491 e. The van der Waals surface area contributed by atoms with Crippen molar-refractivity contribution in [2.24, 2.45) is 5.84 Å². The highest BCUT2D eigenvalue weighted by atomic mass is 32.2. The second kappa shape index (κ2) is 14.3. The predicted octanol–water partition coefficient (Wildman–Crippen LogP) is 5.22. The number of aryl methyl sites for hydroxylation is 1. The standard InChI is InChI=1S/C29H36N4O4S.C2H6/c1-5-36-28(34)17-24(23-12-13-25(32(4)31)29(30)20(23)3)21-11-10-19(2)22(16-21)18-33-14-15-37-26-8-6-7-9-27(26)38(33)35;1-2/h6-13,16,24H,5,14-15,17-18,30-31H2,1-4H3;1-2H3. The van der Waals surface area contributed by atoms with E-state index in [4.69, 9.17) is 21.1 Å². The van der Waals surface area contributed by atoms with Crippen LogP contribution in [0, 0.1) is 13.8 Å². The van der Waals surface area contributed by atoms with Crippen molar-refractivity contribution in [2.75, 3.05) is 37.5 Å². The van der Waals surface area contributed by atoms with Crippen LogP contribution in [0.4, 0.5) is 11.4 Å². The van der Waals surface area contributed by atoms with Gasteiger partial charge in [-0.2, -0.15) is 0 Å². The van der Waals surface area contributed by atoms with E-state index in [1.54, 1.807) is 14.0 Å². The first-order valence-electron chi connectivity index (χ1n) is 13.7. The maximum absolute atomic E-state index is 13.4. The lowest BCUT2D eigenvalue weighted by molar-refractivity contribution is -0.143. The topological polar surface area (TPSA) is 111 Å². The number of rotatable bonds is 8. The molecule has 40 heavy (non-hydrogen) atoms. The number of fused-ring (bicyclic) bond motifs is 1. The molecule has 0 spiro atoms. The predicted molar refractivity (Wildman–Crippen MR) is 163 cm³/mol. The number of esters is 1. The van der Waals surface area contributed by atoms with Crippen molar-refractivity contribution in [2.45, 2.75) is 58.4 Å². The van der Waals surface area contributed by atoms with Crippen molar-refractivity contribution in [1.82, 2.24) is 4.31 Å². The first-order valence-corrected chi connectivity index (χ1v) is 14.8. The van der Waals surface area contributed by atoms with Gasteiger partial charge in [-0.3, -0.25) is 4.79 Å². The fourth-order valence-electron chi connectivity index (χ4n) is 4.81. The van der Waals surface area contributed by atoms with Crippen LogP contribution >= 0.6 is 0 Å². The van der Waals surface area contributed by atoms with Crippen molar-refractivity contribution in [3.8, 4) is 5.75 Å². The summed E-state index contributed by atoms with van der Waals surface area (Å²) in [6.45, 7) is 11.6. The smallest absolute Gasteiger partial charge is 0.306 e. The molecule has 0 radical (unpaired) electrons. The SMILES string of the molecule is CC.CCOC(=O)CC(c1ccc(C)c(CN2CCOc3ccccc3S2=O)c1)c1ccc(N(C)N)c(N)c1C. The van der Waals surface area contributed by atoms with Gasteiger partial charge in [-0.15, -0.1) is 0 Å². The molecule has 0 amide bonds. The third-order valence-corrected chi connectivity index (χ3v) is 8.45. The van der Waals surface area contributed by atoms with E-state index in [0.717, 1.165) is 33.5 Å². The van der Waals surface area contributed by atoms with Gasteiger partial charge in [-0.25, -0.2) is 14.4 Å². The molecule has 9 heteroatoms. The van der Waals surface area contributed by atoms with Gasteiger partial charge in [0.25, 0.3) is 0 Å². The Balaban J connectivity index is 0.00000216. The molecule has 1 heterocycles. The first kappa shape index (κ1) is 31.1. The molecular weight excluding hydrogens is 524 g/mol. The quantitative estimate of drug-likeness (QED) is 0.166. The van der Waals surface area contributed by atoms with Crippen molar-refractivity contribution < 1.29 is 18.5 Å². The Hall–Kier alpha value is -3.40. The number of hydrogen-bond acceptors (Lipinski definition) is 7. The van der Waals surface area contributed by atoms with E-state index in [1.807, 2.05) is 74.5 Å². The van der Waals surface area contributed by atoms with Crippen molar-refractivity contribution in [3.63, 3.8) is 0 Å². The highest BCUT2D eigenvalue weighted by Crippen LogP contribution is 2.37. The van der Waals surface area contributed by atoms with Crippen LogP contribution in [-0.4, -0.2) is 41.3 Å². The number of hydrazine groups is 1. The Labute approximate surface area is 240 Å². The number of benzene rings is 3. The average molecular weight is 567 g/mol. The molecule has 216 valence electrons. The van der Waals surface area contributed by atoms with E-state index in [0.29, 0.717) is 42.6 Å². The van der Waals surface area contributed by atoms with Gasteiger partial charge in [0.1, 0.15) is 23.3 Å². The Morgan fingerprint density at radius 2 is 1.88 bits per heavy atom. The van der Waals surface area contributed by atoms with Crippen LogP contribution in [0.5, 0.6) is 5.75 Å². The minimum absolute atomic E-state index is 0.172. The number of para-hydroxylation sites is 1. The Kier molecular flexibility index (Phi) is 11.1. The molecule has 4 N–H and O–H groups in total. The number of carbonyl (C=O) groups excluding carboxylic acids is 1. The van der Waals surface area contributed by atoms with E-state index < -0.39 is 11.0 Å². The monoisotopic (exact) mass is 566 g/mol. The van der Waals surface area contributed by atoms with Crippen molar-refractivity contribution in [3.05, 3.63) is 82.4 Å². The molecular formula is C31H42N4O4S. The number of carbonyl (C=O) groups is 1. The van der Waals surface area contributed by atoms with Gasteiger partial charge in [0.2, 0.25) is 0 Å². The van der Waals surface area contributed by atoms with Gasteiger partial charge in [-0.05, 0) is 66.8 Å². The van der Waals surface area contributed by atoms with Gasteiger partial charge < -0.3 is 20.2 Å². The molecule has 1 aliphatic heterocycles. The number of ether oxygens (including phenoxy) is 2. The van der Waals surface area contributed by atoms with Gasteiger partial charge in [0.05, 0.1) is 29.3 Å². The van der Waals surface area contributed by atoms with E-state index in [9.17, 15) is 9.00 Å². The molecule has 4 rings (SSSR count). The molecule has 0 saturated heterocycles. The summed E-state index contributed by atoms with van der Waals surface area (Å²) < 4.78 is 26.5. The zero-order valence-corrected chi connectivity index (χ0v) is 25.2. The van der Waals surface area contributed by atoms with Crippen LogP contribution < -0.4 is 21.3 Å². The summed E-state index contributed by atoms with van der Waals surface area (Å²) in [5.41, 5.74) is 12.6. The Morgan fingerprint density at radius 1 is 1.15 bits per heavy atom. The number of anilines is 2. The van der Waals surface area contributed by atoms with Crippen LogP contribution in [-0.2, 0) is 27.1 Å². The number of hydrogen-bond donors (Lipinski definition) is 2. The summed E-state index contributed by atoms with van der Waals surface area (Å²) in [6, 6.07) is 17.5. The maximum atomic E-state index is 13.4. The molecule has 0 bridgehead atoms. The highest BCUT2D eigenvalue weighted by molar-refractivity contribution is 7.82. The van der Waals surface area contributed by atoms with Gasteiger partial charge >= 0.3 is 5.97 Å². The van der Waals surface area contributed by atoms with E-state index in [-0.39, 0.29) is 18.3 Å². The fraction of sp³-hybridized carbons (Fsp3) is 0.387. The molecule has 1 aliphatic rings. The average Bonchev–Trinajstić information content (AvgIpc) is 3.10. The molecule has 2 atom stereocenters. The van der Waals surface area contributed by atoms with E-state index in [1.165, 1.54) is 5.01 Å². The van der Waals surface area contributed by atoms with Crippen LogP contribution in [0.2, 0.25) is 0 Å². The molecule has 3 aromatic carbocycles. The van der Waals surface area contributed by atoms with Crippen molar-refractivity contribution in [1.29, 1.82) is 0 Å². The zero-order valence-electron chi connectivity index (χ0n) is 24.4. The fourth-order valence-corrected chi connectivity index (χ4v) is 6.08. The lowest BCUT2D eigenvalue weighted by atomic mass is 9.84. The third kappa shape index (κ3) is 7.02. The van der Waals surface area contributed by atoms with Crippen LogP contribution in [0.1, 0.15) is 60.9 Å². The molecule has 0 aliphatic carbocycles. The van der Waals surface area contributed by atoms with Gasteiger partial charge in [0.15, 0.2) is 0 Å². The summed E-state index contributed by atoms with van der Waals surface area (Å²) >= 11 is 0. The lowest BCUT2D eigenvalue weighted by Crippen LogP contribution is -2.28. The Bertz CT molecular complexity index is 1340. The van der Waals surface area contributed by atoms with Gasteiger partial charge in [0, 0.05) is 26.1 Å². The highest BCUT2D eigenvalue weighted by Gasteiger charge is 2.26. The van der Waals surface area contributed by atoms with Gasteiger partial charge in [-0.1, -0.05) is 50.2 Å². The molecule has 8 nitrogen and oxygen atoms in total. The second-order valence-corrected chi connectivity index (χ2v) is 10.9. The molecule has 2 unspecified atom stereocenters. The number of nitrogen functional groups attached to an aromatic ring is 1. The van der Waals surface area contributed by atoms with Crippen LogP contribution in [0.25, 0.3) is 0 Å². The summed E-state index contributed by atoms with van der Waals surface area (Å²) in [4.78, 5) is 13.4. The maximum Gasteiger partial charge on any atom is 0.306 e. The minimum atomic E-state index is -1.36. The summed E-state index contributed by atoms with van der Waals surface area (Å²) in [5.74, 6) is 6.07. The van der Waals surface area contributed by atoms with Crippen LogP contribution in [0.15, 0.2) is 59.5 Å². The lowest BCUT2D eigenvalue weighted by Gasteiger charge is -2.25. The van der Waals surface area contributed by atoms with Crippen molar-refractivity contribution >= 4 is 28.3 Å². The number of nitrogens with two attached hydrogens (primary N) is 2. The molecule has 0 saturated carbocycles. The summed E-state index contributed by atoms with van der Waals surface area (Å²) in [6.07, 6.45) is 0.172. The van der Waals surface area contributed by atoms with E-state index >= 15 is 0 Å². The molecule has 0 fully saturated rings. The molecule has 3 aromatic rings. The molecule has 0 aromatic heterocycles. The van der Waals surface area contributed by atoms with Crippen LogP contribution in [0.3, 0.4) is 0 Å². The first-order chi connectivity index (χ1) is 19.2.